The fraction of sp³-hybridized carbons (Fsp3) is 0.0909. The number of benzene rings is 1. The first kappa shape index (κ1) is 12.1. The summed E-state index contributed by atoms with van der Waals surface area (Å²) in [5.74, 6) is -0.0224. The zero-order valence-electron chi connectivity index (χ0n) is 8.64. The summed E-state index contributed by atoms with van der Waals surface area (Å²) < 4.78 is 4.71. The summed E-state index contributed by atoms with van der Waals surface area (Å²) >= 11 is 5.91. The normalized spacial score (nSPS) is 12.1. The number of methoxy groups -OCH3 is 1. The molecule has 0 spiro atoms. The third-order valence-corrected chi connectivity index (χ3v) is 2.14. The summed E-state index contributed by atoms with van der Waals surface area (Å²) in [5.41, 5.74) is 6.14. The van der Waals surface area contributed by atoms with Crippen LogP contribution < -0.4 is 5.73 Å². The number of hydrogen-bond donors (Lipinski definition) is 1. The molecule has 0 amide bonds. The van der Waals surface area contributed by atoms with E-state index in [0.29, 0.717) is 10.6 Å². The summed E-state index contributed by atoms with van der Waals surface area (Å²) in [6.07, 6.45) is 1.47. The van der Waals surface area contributed by atoms with Gasteiger partial charge >= 0.3 is 0 Å². The van der Waals surface area contributed by atoms with E-state index in [2.05, 4.69) is 4.99 Å². The SMILES string of the molecule is CO/C(N)=C(\C#N)N=Cc1ccccc1Cl. The van der Waals surface area contributed by atoms with Crippen LogP contribution in [0.25, 0.3) is 0 Å². The zero-order valence-corrected chi connectivity index (χ0v) is 9.40. The Morgan fingerprint density at radius 1 is 1.56 bits per heavy atom. The van der Waals surface area contributed by atoms with Gasteiger partial charge in [-0.25, -0.2) is 4.99 Å². The lowest BCUT2D eigenvalue weighted by atomic mass is 10.2. The monoisotopic (exact) mass is 235 g/mol. The van der Waals surface area contributed by atoms with Crippen molar-refractivity contribution in [3.63, 3.8) is 0 Å². The smallest absolute Gasteiger partial charge is 0.221 e. The van der Waals surface area contributed by atoms with E-state index < -0.39 is 0 Å². The largest absolute Gasteiger partial charge is 0.481 e. The highest BCUT2D eigenvalue weighted by atomic mass is 35.5. The minimum atomic E-state index is -0.0224. The van der Waals surface area contributed by atoms with Gasteiger partial charge in [-0.05, 0) is 6.07 Å². The second kappa shape index (κ2) is 5.79. The van der Waals surface area contributed by atoms with Crippen molar-refractivity contribution < 1.29 is 4.74 Å². The topological polar surface area (TPSA) is 71.4 Å². The predicted octanol–water partition coefficient (Wildman–Crippen LogP) is 2.06. The second-order valence-electron chi connectivity index (χ2n) is 2.81. The maximum Gasteiger partial charge on any atom is 0.221 e. The van der Waals surface area contributed by atoms with Gasteiger partial charge in [0, 0.05) is 16.8 Å². The Kier molecular flexibility index (Phi) is 4.37. The lowest BCUT2D eigenvalue weighted by molar-refractivity contribution is 0.284. The van der Waals surface area contributed by atoms with E-state index >= 15 is 0 Å². The van der Waals surface area contributed by atoms with Gasteiger partial charge in [0.15, 0.2) is 5.70 Å². The van der Waals surface area contributed by atoms with Crippen LogP contribution >= 0.6 is 11.6 Å². The molecule has 5 heteroatoms. The minimum absolute atomic E-state index is 0.0161. The fourth-order valence-electron chi connectivity index (χ4n) is 0.958. The molecule has 0 heterocycles. The van der Waals surface area contributed by atoms with Gasteiger partial charge in [-0.2, -0.15) is 5.26 Å². The molecule has 0 saturated carbocycles. The molecule has 2 N–H and O–H groups in total. The lowest BCUT2D eigenvalue weighted by Crippen LogP contribution is -2.02. The highest BCUT2D eigenvalue weighted by molar-refractivity contribution is 6.33. The summed E-state index contributed by atoms with van der Waals surface area (Å²) in [7, 11) is 1.37. The predicted molar refractivity (Wildman–Crippen MR) is 62.9 cm³/mol. The highest BCUT2D eigenvalue weighted by Gasteiger charge is 2.00. The molecule has 1 aromatic rings. The molecule has 0 aliphatic heterocycles. The number of nitrogens with two attached hydrogens (primary N) is 1. The highest BCUT2D eigenvalue weighted by Crippen LogP contribution is 2.13. The molecule has 1 rings (SSSR count). The molecule has 0 radical (unpaired) electrons. The summed E-state index contributed by atoms with van der Waals surface area (Å²) in [6.45, 7) is 0. The van der Waals surface area contributed by atoms with Gasteiger partial charge < -0.3 is 10.5 Å². The quantitative estimate of drug-likeness (QED) is 0.495. The number of rotatable bonds is 3. The molecule has 16 heavy (non-hydrogen) atoms. The molecule has 4 nitrogen and oxygen atoms in total. The Balaban J connectivity index is 2.98. The van der Waals surface area contributed by atoms with Gasteiger partial charge in [-0.3, -0.25) is 0 Å². The van der Waals surface area contributed by atoms with Crippen molar-refractivity contribution in [3.8, 4) is 6.07 Å². The Bertz CT molecular complexity index is 474. The maximum absolute atomic E-state index is 8.76. The van der Waals surface area contributed by atoms with Crippen molar-refractivity contribution in [2.75, 3.05) is 7.11 Å². The first-order chi connectivity index (χ1) is 7.69. The molecule has 0 fully saturated rings. The van der Waals surface area contributed by atoms with Crippen molar-refractivity contribution in [2.45, 2.75) is 0 Å². The average molecular weight is 236 g/mol. The molecule has 0 atom stereocenters. The van der Waals surface area contributed by atoms with Crippen LogP contribution in [0.1, 0.15) is 5.56 Å². The fourth-order valence-corrected chi connectivity index (χ4v) is 1.14. The molecule has 0 aromatic heterocycles. The van der Waals surface area contributed by atoms with Crippen molar-refractivity contribution in [1.29, 1.82) is 5.26 Å². The molecular weight excluding hydrogens is 226 g/mol. The summed E-state index contributed by atoms with van der Waals surface area (Å²) in [5, 5.41) is 9.32. The molecule has 1 aromatic carbocycles. The Morgan fingerprint density at radius 2 is 2.25 bits per heavy atom. The van der Waals surface area contributed by atoms with Crippen LogP contribution in [0.3, 0.4) is 0 Å². The molecule has 0 aliphatic rings. The Morgan fingerprint density at radius 3 is 2.81 bits per heavy atom. The van der Waals surface area contributed by atoms with Gasteiger partial charge in [0.05, 0.1) is 7.11 Å². The number of nitriles is 1. The van der Waals surface area contributed by atoms with Crippen LogP contribution in [-0.4, -0.2) is 13.3 Å². The zero-order chi connectivity index (χ0) is 12.0. The van der Waals surface area contributed by atoms with Gasteiger partial charge in [0.2, 0.25) is 5.88 Å². The Labute approximate surface area is 98.6 Å². The number of aliphatic imine (C=N–C) groups is 1. The summed E-state index contributed by atoms with van der Waals surface area (Å²) in [6, 6.07) is 8.98. The second-order valence-corrected chi connectivity index (χ2v) is 3.22. The van der Waals surface area contributed by atoms with E-state index in [4.69, 9.17) is 27.3 Å². The molecule has 0 saturated heterocycles. The van der Waals surface area contributed by atoms with Crippen LogP contribution in [0.4, 0.5) is 0 Å². The first-order valence-electron chi connectivity index (χ1n) is 4.41. The van der Waals surface area contributed by atoms with Crippen LogP contribution in [0.5, 0.6) is 0 Å². The van der Waals surface area contributed by atoms with Crippen molar-refractivity contribution in [2.24, 2.45) is 10.7 Å². The van der Waals surface area contributed by atoms with Crippen LogP contribution in [0, 0.1) is 11.3 Å². The van der Waals surface area contributed by atoms with E-state index in [1.54, 1.807) is 12.1 Å². The third-order valence-electron chi connectivity index (χ3n) is 1.80. The number of allylic oxidation sites excluding steroid dienone is 1. The van der Waals surface area contributed by atoms with Crippen molar-refractivity contribution >= 4 is 17.8 Å². The van der Waals surface area contributed by atoms with Gasteiger partial charge in [0.1, 0.15) is 6.07 Å². The molecule has 0 unspecified atom stereocenters. The van der Waals surface area contributed by atoms with E-state index in [-0.39, 0.29) is 11.6 Å². The van der Waals surface area contributed by atoms with Crippen molar-refractivity contribution in [1.82, 2.24) is 0 Å². The number of hydrogen-bond acceptors (Lipinski definition) is 4. The van der Waals surface area contributed by atoms with Gasteiger partial charge in [-0.1, -0.05) is 29.8 Å². The molecule has 0 aliphatic carbocycles. The number of halogens is 1. The standard InChI is InChI=1S/C11H10ClN3O/c1-16-11(14)10(6-13)15-7-8-4-2-3-5-9(8)12/h2-5,7H,14H2,1H3/b11-10+,15-7?. The van der Waals surface area contributed by atoms with Crippen LogP contribution in [0.2, 0.25) is 5.02 Å². The van der Waals surface area contributed by atoms with Gasteiger partial charge in [-0.15, -0.1) is 0 Å². The molecular formula is C11H10ClN3O. The van der Waals surface area contributed by atoms with E-state index in [1.807, 2.05) is 18.2 Å². The average Bonchev–Trinajstić information content (AvgIpc) is 2.31. The number of nitrogens with zero attached hydrogens (tertiary/aromatic N) is 2. The van der Waals surface area contributed by atoms with E-state index in [1.165, 1.54) is 13.3 Å². The lowest BCUT2D eigenvalue weighted by Gasteiger charge is -1.99. The third kappa shape index (κ3) is 3.01. The Hall–Kier alpha value is -1.99. The van der Waals surface area contributed by atoms with Crippen molar-refractivity contribution in [3.05, 3.63) is 46.4 Å². The number of ether oxygens (including phenoxy) is 1. The van der Waals surface area contributed by atoms with E-state index in [0.717, 1.165) is 0 Å². The summed E-state index contributed by atoms with van der Waals surface area (Å²) in [4.78, 5) is 3.90. The van der Waals surface area contributed by atoms with Gasteiger partial charge in [0.25, 0.3) is 0 Å². The minimum Gasteiger partial charge on any atom is -0.481 e. The molecule has 82 valence electrons. The van der Waals surface area contributed by atoms with E-state index in [9.17, 15) is 0 Å². The van der Waals surface area contributed by atoms with Crippen LogP contribution in [0.15, 0.2) is 40.8 Å². The first-order valence-corrected chi connectivity index (χ1v) is 4.79. The maximum atomic E-state index is 8.76. The molecule has 0 bridgehead atoms. The van der Waals surface area contributed by atoms with Crippen LogP contribution in [-0.2, 0) is 4.74 Å².